The number of halogens is 1. The van der Waals surface area contributed by atoms with E-state index in [1.165, 1.54) is 0 Å². The van der Waals surface area contributed by atoms with E-state index in [0.717, 1.165) is 21.9 Å². The predicted octanol–water partition coefficient (Wildman–Crippen LogP) is 3.47. The van der Waals surface area contributed by atoms with E-state index in [1.807, 2.05) is 48.5 Å². The first-order valence-corrected chi connectivity index (χ1v) is 6.33. The van der Waals surface area contributed by atoms with E-state index in [-0.39, 0.29) is 0 Å². The molecule has 1 N–H and O–H groups in total. The van der Waals surface area contributed by atoms with Crippen LogP contribution in [0.5, 0.6) is 5.75 Å². The van der Waals surface area contributed by atoms with Gasteiger partial charge in [-0.05, 0) is 47.5 Å². The summed E-state index contributed by atoms with van der Waals surface area (Å²) in [6.45, 7) is 0.529. The molecule has 0 heterocycles. The Bertz CT molecular complexity index is 535. The minimum absolute atomic E-state index is 0.529. The maximum absolute atomic E-state index is 5.83. The number of hydrogen-bond donors (Lipinski definition) is 1. The van der Waals surface area contributed by atoms with Gasteiger partial charge in [-0.1, -0.05) is 23.7 Å². The molecule has 0 atom stereocenters. The summed E-state index contributed by atoms with van der Waals surface area (Å²) in [5.74, 6) is 0.830. The second-order valence-electron chi connectivity index (χ2n) is 3.97. The average molecular weight is 275 g/mol. The summed E-state index contributed by atoms with van der Waals surface area (Å²) < 4.78 is 5.69. The summed E-state index contributed by atoms with van der Waals surface area (Å²) >= 11 is 5.83. The standard InChI is InChI=1S/C15H15ClN2O/c1-17-18-10-12-4-8-15(9-5-12)19-11-13-2-6-14(16)7-3-13/h2-10,17H,11H2,1H3/b18-10+. The Labute approximate surface area is 117 Å². The number of benzene rings is 2. The minimum Gasteiger partial charge on any atom is -0.489 e. The predicted molar refractivity (Wildman–Crippen MR) is 78.9 cm³/mol. The Balaban J connectivity index is 1.92. The van der Waals surface area contributed by atoms with Crippen molar-refractivity contribution >= 4 is 17.8 Å². The molecule has 0 saturated heterocycles. The van der Waals surface area contributed by atoms with E-state index < -0.39 is 0 Å². The van der Waals surface area contributed by atoms with E-state index in [4.69, 9.17) is 16.3 Å². The lowest BCUT2D eigenvalue weighted by molar-refractivity contribution is 0.306. The molecule has 0 aliphatic heterocycles. The van der Waals surface area contributed by atoms with Crippen molar-refractivity contribution in [3.8, 4) is 5.75 Å². The number of hydrazone groups is 1. The van der Waals surface area contributed by atoms with E-state index in [9.17, 15) is 0 Å². The third-order valence-electron chi connectivity index (χ3n) is 2.54. The molecule has 0 saturated carbocycles. The third-order valence-corrected chi connectivity index (χ3v) is 2.79. The van der Waals surface area contributed by atoms with Crippen molar-refractivity contribution in [2.45, 2.75) is 6.61 Å². The molecule has 4 heteroatoms. The maximum atomic E-state index is 5.83. The van der Waals surface area contributed by atoms with Crippen LogP contribution in [0.1, 0.15) is 11.1 Å². The van der Waals surface area contributed by atoms with E-state index in [1.54, 1.807) is 13.3 Å². The Kier molecular flexibility index (Phi) is 4.81. The number of nitrogens with zero attached hydrogens (tertiary/aromatic N) is 1. The van der Waals surface area contributed by atoms with Gasteiger partial charge in [0.1, 0.15) is 12.4 Å². The van der Waals surface area contributed by atoms with Crippen molar-refractivity contribution in [1.29, 1.82) is 0 Å². The molecule has 0 bridgehead atoms. The van der Waals surface area contributed by atoms with Crippen LogP contribution >= 0.6 is 11.6 Å². The lowest BCUT2D eigenvalue weighted by atomic mass is 10.2. The van der Waals surface area contributed by atoms with Gasteiger partial charge in [0.15, 0.2) is 0 Å². The first kappa shape index (κ1) is 13.4. The van der Waals surface area contributed by atoms with Crippen LogP contribution in [0.2, 0.25) is 5.02 Å². The molecular formula is C15H15ClN2O. The maximum Gasteiger partial charge on any atom is 0.119 e. The lowest BCUT2D eigenvalue weighted by Crippen LogP contribution is -1.96. The molecule has 98 valence electrons. The third kappa shape index (κ3) is 4.30. The van der Waals surface area contributed by atoms with Crippen LogP contribution in [0, 0.1) is 0 Å². The highest BCUT2D eigenvalue weighted by atomic mass is 35.5. The summed E-state index contributed by atoms with van der Waals surface area (Å²) in [5.41, 5.74) is 4.82. The van der Waals surface area contributed by atoms with Crippen LogP contribution in [0.3, 0.4) is 0 Å². The van der Waals surface area contributed by atoms with Crippen molar-refractivity contribution in [3.63, 3.8) is 0 Å². The van der Waals surface area contributed by atoms with Gasteiger partial charge in [-0.25, -0.2) is 0 Å². The Hall–Kier alpha value is -2.00. The van der Waals surface area contributed by atoms with Gasteiger partial charge < -0.3 is 10.2 Å². The van der Waals surface area contributed by atoms with E-state index >= 15 is 0 Å². The average Bonchev–Trinajstić information content (AvgIpc) is 2.46. The fraction of sp³-hybridized carbons (Fsp3) is 0.133. The number of hydrogen-bond acceptors (Lipinski definition) is 3. The smallest absolute Gasteiger partial charge is 0.119 e. The molecule has 2 aromatic carbocycles. The number of rotatable bonds is 5. The lowest BCUT2D eigenvalue weighted by Gasteiger charge is -2.06. The summed E-state index contributed by atoms with van der Waals surface area (Å²) in [5, 5.41) is 4.68. The van der Waals surface area contributed by atoms with Crippen molar-refractivity contribution in [3.05, 3.63) is 64.7 Å². The molecule has 3 nitrogen and oxygen atoms in total. The van der Waals surface area contributed by atoms with E-state index in [2.05, 4.69) is 10.5 Å². The molecule has 0 aliphatic rings. The van der Waals surface area contributed by atoms with Gasteiger partial charge in [0.2, 0.25) is 0 Å². The van der Waals surface area contributed by atoms with Gasteiger partial charge in [-0.15, -0.1) is 0 Å². The molecule has 0 spiro atoms. The second kappa shape index (κ2) is 6.81. The van der Waals surface area contributed by atoms with Crippen LogP contribution in [0.25, 0.3) is 0 Å². The van der Waals surface area contributed by atoms with Crippen LogP contribution in [-0.4, -0.2) is 13.3 Å². The monoisotopic (exact) mass is 274 g/mol. The normalized spacial score (nSPS) is 10.6. The first-order valence-electron chi connectivity index (χ1n) is 5.95. The molecule has 19 heavy (non-hydrogen) atoms. The van der Waals surface area contributed by atoms with Gasteiger partial charge in [0.25, 0.3) is 0 Å². The molecular weight excluding hydrogens is 260 g/mol. The summed E-state index contributed by atoms with van der Waals surface area (Å²) in [7, 11) is 1.76. The Morgan fingerprint density at radius 2 is 1.79 bits per heavy atom. The Morgan fingerprint density at radius 1 is 1.11 bits per heavy atom. The van der Waals surface area contributed by atoms with Crippen molar-refractivity contribution < 1.29 is 4.74 Å². The van der Waals surface area contributed by atoms with Crippen molar-refractivity contribution in [2.24, 2.45) is 5.10 Å². The highest BCUT2D eigenvalue weighted by Gasteiger charge is 1.96. The highest BCUT2D eigenvalue weighted by Crippen LogP contribution is 2.15. The molecule has 2 rings (SSSR count). The molecule has 0 aromatic heterocycles. The van der Waals surface area contributed by atoms with Gasteiger partial charge >= 0.3 is 0 Å². The molecule has 2 aromatic rings. The summed E-state index contributed by atoms with van der Waals surface area (Å²) in [6.07, 6.45) is 1.75. The number of ether oxygens (including phenoxy) is 1. The molecule has 0 amide bonds. The summed E-state index contributed by atoms with van der Waals surface area (Å²) in [4.78, 5) is 0. The summed E-state index contributed by atoms with van der Waals surface area (Å²) in [6, 6.07) is 15.4. The minimum atomic E-state index is 0.529. The van der Waals surface area contributed by atoms with E-state index in [0.29, 0.717) is 6.61 Å². The van der Waals surface area contributed by atoms with Crippen LogP contribution in [0.15, 0.2) is 53.6 Å². The molecule has 0 fully saturated rings. The van der Waals surface area contributed by atoms with Gasteiger partial charge in [0, 0.05) is 12.1 Å². The molecule has 0 radical (unpaired) electrons. The first-order chi connectivity index (χ1) is 9.28. The van der Waals surface area contributed by atoms with Crippen LogP contribution in [-0.2, 0) is 6.61 Å². The highest BCUT2D eigenvalue weighted by molar-refractivity contribution is 6.30. The van der Waals surface area contributed by atoms with Gasteiger partial charge in [0.05, 0.1) is 6.21 Å². The van der Waals surface area contributed by atoms with Crippen molar-refractivity contribution in [1.82, 2.24) is 5.43 Å². The zero-order chi connectivity index (χ0) is 13.5. The topological polar surface area (TPSA) is 33.6 Å². The molecule has 0 aliphatic carbocycles. The van der Waals surface area contributed by atoms with Crippen molar-refractivity contribution in [2.75, 3.05) is 7.05 Å². The zero-order valence-electron chi connectivity index (χ0n) is 10.6. The second-order valence-corrected chi connectivity index (χ2v) is 4.40. The zero-order valence-corrected chi connectivity index (χ0v) is 11.4. The Morgan fingerprint density at radius 3 is 2.42 bits per heavy atom. The SMILES string of the molecule is CN/N=C/c1ccc(OCc2ccc(Cl)cc2)cc1. The molecule has 0 unspecified atom stereocenters. The van der Waals surface area contributed by atoms with Crippen LogP contribution in [0.4, 0.5) is 0 Å². The van der Waals surface area contributed by atoms with Crippen LogP contribution < -0.4 is 10.2 Å². The number of nitrogens with one attached hydrogen (secondary N) is 1. The van der Waals surface area contributed by atoms with Gasteiger partial charge in [-0.2, -0.15) is 5.10 Å². The largest absolute Gasteiger partial charge is 0.489 e. The van der Waals surface area contributed by atoms with Gasteiger partial charge in [-0.3, -0.25) is 0 Å². The fourth-order valence-corrected chi connectivity index (χ4v) is 1.66. The quantitative estimate of drug-likeness (QED) is 0.669. The fourth-order valence-electron chi connectivity index (χ4n) is 1.54.